The summed E-state index contributed by atoms with van der Waals surface area (Å²) >= 11 is 0. The predicted octanol–water partition coefficient (Wildman–Crippen LogP) is -0.421. The molecule has 1 aliphatic carbocycles. The molecule has 1 saturated carbocycles. The minimum atomic E-state index is -0.776. The van der Waals surface area contributed by atoms with E-state index in [0.29, 0.717) is 19.4 Å². The van der Waals surface area contributed by atoms with Gasteiger partial charge in [-0.3, -0.25) is 14.9 Å². The summed E-state index contributed by atoms with van der Waals surface area (Å²) in [4.78, 5) is 22.1. The zero-order valence-corrected chi connectivity index (χ0v) is 9.03. The fourth-order valence-corrected chi connectivity index (χ4v) is 1.86. The van der Waals surface area contributed by atoms with Gasteiger partial charge in [0.25, 0.3) is 0 Å². The second-order valence-corrected chi connectivity index (χ2v) is 3.92. The van der Waals surface area contributed by atoms with E-state index in [-0.39, 0.29) is 24.4 Å². The summed E-state index contributed by atoms with van der Waals surface area (Å²) in [5, 5.41) is 14.4. The number of aliphatic carboxylic acids is 1. The highest BCUT2D eigenvalue weighted by molar-refractivity contribution is 5.78. The Morgan fingerprint density at radius 3 is 2.75 bits per heavy atom. The number of hydrogen-bond acceptors (Lipinski definition) is 3. The van der Waals surface area contributed by atoms with Gasteiger partial charge in [-0.25, -0.2) is 0 Å². The first-order valence-electron chi connectivity index (χ1n) is 5.30. The van der Waals surface area contributed by atoms with Crippen LogP contribution in [0.3, 0.4) is 0 Å². The second-order valence-electron chi connectivity index (χ2n) is 3.92. The Balaban J connectivity index is 2.21. The van der Waals surface area contributed by atoms with E-state index >= 15 is 0 Å². The van der Waals surface area contributed by atoms with E-state index in [1.807, 2.05) is 0 Å². The van der Waals surface area contributed by atoms with E-state index in [4.69, 9.17) is 11.5 Å². The first-order valence-corrected chi connectivity index (χ1v) is 5.30. The van der Waals surface area contributed by atoms with Gasteiger partial charge >= 0.3 is 5.97 Å². The summed E-state index contributed by atoms with van der Waals surface area (Å²) in [6, 6.07) is -0.0127. The van der Waals surface area contributed by atoms with Crippen molar-refractivity contribution >= 4 is 11.9 Å². The number of carbonyl (C=O) groups is 2. The molecule has 5 nitrogen and oxygen atoms in total. The Morgan fingerprint density at radius 2 is 2.19 bits per heavy atom. The van der Waals surface area contributed by atoms with Crippen LogP contribution in [0.1, 0.15) is 19.3 Å². The number of hydrogen-bond donors (Lipinski definition) is 3. The number of nitrogens with one attached hydrogen (secondary N) is 2. The van der Waals surface area contributed by atoms with Crippen molar-refractivity contribution in [2.45, 2.75) is 25.3 Å². The minimum absolute atomic E-state index is 0.0127. The van der Waals surface area contributed by atoms with Gasteiger partial charge in [0.05, 0.1) is 19.0 Å². The van der Waals surface area contributed by atoms with E-state index in [9.17, 15) is 9.59 Å². The zero-order chi connectivity index (χ0) is 12.0. The molecule has 1 fully saturated rings. The lowest BCUT2D eigenvalue weighted by molar-refractivity contribution is -0.141. The fourth-order valence-electron chi connectivity index (χ4n) is 1.86. The van der Waals surface area contributed by atoms with Crippen molar-refractivity contribution in [3.05, 3.63) is 0 Å². The third-order valence-electron chi connectivity index (χ3n) is 2.66. The van der Waals surface area contributed by atoms with Crippen LogP contribution >= 0.6 is 0 Å². The van der Waals surface area contributed by atoms with Gasteiger partial charge < -0.3 is 10.4 Å². The first kappa shape index (κ1) is 12.5. The average molecular weight is 224 g/mol. The van der Waals surface area contributed by atoms with E-state index in [1.165, 1.54) is 0 Å². The molecule has 0 aromatic carbocycles. The van der Waals surface area contributed by atoms with Crippen molar-refractivity contribution in [3.8, 4) is 12.3 Å². The van der Waals surface area contributed by atoms with Gasteiger partial charge in [0.2, 0.25) is 5.91 Å². The van der Waals surface area contributed by atoms with Crippen LogP contribution in [0.25, 0.3) is 0 Å². The SMILES string of the molecule is C#CCNCC(=O)N[C@H]1CC[C@@H](C(=O)O)C1. The Kier molecular flexibility index (Phi) is 4.80. The van der Waals surface area contributed by atoms with Crippen molar-refractivity contribution < 1.29 is 14.7 Å². The van der Waals surface area contributed by atoms with E-state index in [2.05, 4.69) is 16.6 Å². The predicted molar refractivity (Wildman–Crippen MR) is 58.6 cm³/mol. The Bertz CT molecular complexity index is 309. The third-order valence-corrected chi connectivity index (χ3v) is 2.66. The number of rotatable bonds is 5. The third kappa shape index (κ3) is 3.91. The molecule has 5 heteroatoms. The highest BCUT2D eigenvalue weighted by Gasteiger charge is 2.30. The topological polar surface area (TPSA) is 78.4 Å². The van der Waals surface area contributed by atoms with Crippen LogP contribution < -0.4 is 10.6 Å². The highest BCUT2D eigenvalue weighted by atomic mass is 16.4. The minimum Gasteiger partial charge on any atom is -0.481 e. The Hall–Kier alpha value is -1.54. The molecule has 0 unspecified atom stereocenters. The standard InChI is InChI=1S/C11H16N2O3/c1-2-5-12-7-10(14)13-9-4-3-8(6-9)11(15)16/h1,8-9,12H,3-7H2,(H,13,14)(H,15,16)/t8-,9+/m1/s1. The van der Waals surface area contributed by atoms with Gasteiger partial charge in [-0.05, 0) is 19.3 Å². The maximum absolute atomic E-state index is 11.4. The molecule has 16 heavy (non-hydrogen) atoms. The van der Waals surface area contributed by atoms with Gasteiger partial charge in [0, 0.05) is 6.04 Å². The van der Waals surface area contributed by atoms with Gasteiger partial charge in [0.15, 0.2) is 0 Å². The summed E-state index contributed by atoms with van der Waals surface area (Å²) in [5.74, 6) is 1.15. The molecule has 0 saturated heterocycles. The van der Waals surface area contributed by atoms with Crippen molar-refractivity contribution in [3.63, 3.8) is 0 Å². The molecule has 0 radical (unpaired) electrons. The number of carboxylic acids is 1. The van der Waals surface area contributed by atoms with Crippen LogP contribution in [-0.4, -0.2) is 36.1 Å². The summed E-state index contributed by atoms with van der Waals surface area (Å²) < 4.78 is 0. The monoisotopic (exact) mass is 224 g/mol. The van der Waals surface area contributed by atoms with E-state index in [0.717, 1.165) is 6.42 Å². The highest BCUT2D eigenvalue weighted by Crippen LogP contribution is 2.25. The normalized spacial score (nSPS) is 23.7. The molecule has 1 amide bonds. The van der Waals surface area contributed by atoms with Crippen molar-refractivity contribution in [1.82, 2.24) is 10.6 Å². The Morgan fingerprint density at radius 1 is 1.44 bits per heavy atom. The lowest BCUT2D eigenvalue weighted by atomic mass is 10.1. The molecule has 0 aliphatic heterocycles. The van der Waals surface area contributed by atoms with Crippen LogP contribution in [0.2, 0.25) is 0 Å². The van der Waals surface area contributed by atoms with Crippen LogP contribution in [0, 0.1) is 18.3 Å². The largest absolute Gasteiger partial charge is 0.481 e. The molecule has 0 spiro atoms. The maximum Gasteiger partial charge on any atom is 0.306 e. The summed E-state index contributed by atoms with van der Waals surface area (Å²) in [6.45, 7) is 0.536. The molecule has 0 bridgehead atoms. The number of terminal acetylenes is 1. The fraction of sp³-hybridized carbons (Fsp3) is 0.636. The number of amides is 1. The summed E-state index contributed by atoms with van der Waals surface area (Å²) in [6.07, 6.45) is 6.92. The molecule has 0 heterocycles. The van der Waals surface area contributed by atoms with Gasteiger partial charge in [-0.1, -0.05) is 5.92 Å². The van der Waals surface area contributed by atoms with Crippen LogP contribution in [0.5, 0.6) is 0 Å². The number of carboxylic acid groups (broad SMARTS) is 1. The van der Waals surface area contributed by atoms with Gasteiger partial charge in [-0.15, -0.1) is 6.42 Å². The van der Waals surface area contributed by atoms with E-state index < -0.39 is 5.97 Å². The molecule has 3 N–H and O–H groups in total. The molecular formula is C11H16N2O3. The van der Waals surface area contributed by atoms with Crippen molar-refractivity contribution in [1.29, 1.82) is 0 Å². The lowest BCUT2D eigenvalue weighted by Gasteiger charge is -2.12. The first-order chi connectivity index (χ1) is 7.63. The van der Waals surface area contributed by atoms with Crippen molar-refractivity contribution in [2.75, 3.05) is 13.1 Å². The van der Waals surface area contributed by atoms with Crippen LogP contribution in [0.15, 0.2) is 0 Å². The molecule has 2 atom stereocenters. The van der Waals surface area contributed by atoms with Gasteiger partial charge in [-0.2, -0.15) is 0 Å². The van der Waals surface area contributed by atoms with Crippen LogP contribution in [0.4, 0.5) is 0 Å². The maximum atomic E-state index is 11.4. The molecule has 1 rings (SSSR count). The molecule has 0 aromatic rings. The van der Waals surface area contributed by atoms with Crippen LogP contribution in [-0.2, 0) is 9.59 Å². The Labute approximate surface area is 94.6 Å². The molecule has 0 aromatic heterocycles. The smallest absolute Gasteiger partial charge is 0.306 e. The molecule has 1 aliphatic rings. The second kappa shape index (κ2) is 6.13. The summed E-state index contributed by atoms with van der Waals surface area (Å²) in [5.41, 5.74) is 0. The van der Waals surface area contributed by atoms with E-state index in [1.54, 1.807) is 0 Å². The zero-order valence-electron chi connectivity index (χ0n) is 9.03. The molecule has 88 valence electrons. The summed E-state index contributed by atoms with van der Waals surface area (Å²) in [7, 11) is 0. The van der Waals surface area contributed by atoms with Crippen molar-refractivity contribution in [2.24, 2.45) is 5.92 Å². The lowest BCUT2D eigenvalue weighted by Crippen LogP contribution is -2.39. The van der Waals surface area contributed by atoms with Gasteiger partial charge in [0.1, 0.15) is 0 Å². The quantitative estimate of drug-likeness (QED) is 0.438. The number of carbonyl (C=O) groups excluding carboxylic acids is 1. The average Bonchev–Trinajstić information content (AvgIpc) is 2.66. The molecular weight excluding hydrogens is 208 g/mol.